The minimum Gasteiger partial charge on any atom is -0.462 e. The number of fused-ring (bicyclic) bond motifs is 1. The maximum absolute atomic E-state index is 12.4. The van der Waals surface area contributed by atoms with Crippen molar-refractivity contribution >= 4 is 34.7 Å². The Morgan fingerprint density at radius 1 is 1.21 bits per heavy atom. The first kappa shape index (κ1) is 20.1. The molecule has 152 valence electrons. The number of nitrogens with one attached hydrogen (secondary N) is 2. The van der Waals surface area contributed by atoms with E-state index in [-0.39, 0.29) is 18.7 Å². The number of carbonyl (C=O) groups is 2. The summed E-state index contributed by atoms with van der Waals surface area (Å²) in [5, 5.41) is 5.39. The van der Waals surface area contributed by atoms with Gasteiger partial charge in [0.05, 0.1) is 24.2 Å². The van der Waals surface area contributed by atoms with E-state index < -0.39 is 5.97 Å². The second-order valence-electron chi connectivity index (χ2n) is 6.66. The summed E-state index contributed by atoms with van der Waals surface area (Å²) < 4.78 is 7.19. The Morgan fingerprint density at radius 2 is 2.00 bits per heavy atom. The average Bonchev–Trinajstić information content (AvgIpc) is 3.09. The molecule has 3 rings (SSSR count). The molecule has 10 heteroatoms. The van der Waals surface area contributed by atoms with Crippen molar-refractivity contribution in [2.45, 2.75) is 32.9 Å². The van der Waals surface area contributed by atoms with Gasteiger partial charge in [-0.3, -0.25) is 0 Å². The predicted octanol–water partition coefficient (Wildman–Crippen LogP) is 2.19. The van der Waals surface area contributed by atoms with Gasteiger partial charge in [-0.15, -0.1) is 0 Å². The van der Waals surface area contributed by atoms with Crippen molar-refractivity contribution in [2.75, 3.05) is 17.7 Å². The lowest BCUT2D eigenvalue weighted by Crippen LogP contribution is -2.34. The number of aromatic nitrogens is 4. The molecule has 10 nitrogen and oxygen atoms in total. The van der Waals surface area contributed by atoms with Crippen molar-refractivity contribution in [3.8, 4) is 0 Å². The Balaban J connectivity index is 1.56. The lowest BCUT2D eigenvalue weighted by atomic mass is 10.2. The van der Waals surface area contributed by atoms with Crippen LogP contribution in [0, 0.1) is 0 Å². The fourth-order valence-electron chi connectivity index (χ4n) is 2.73. The highest BCUT2D eigenvalue weighted by atomic mass is 16.5. The van der Waals surface area contributed by atoms with Gasteiger partial charge in [0.2, 0.25) is 0 Å². The van der Waals surface area contributed by atoms with Crippen LogP contribution in [0.25, 0.3) is 11.2 Å². The van der Waals surface area contributed by atoms with E-state index in [1.165, 1.54) is 6.33 Å². The lowest BCUT2D eigenvalue weighted by molar-refractivity contribution is 0.0497. The summed E-state index contributed by atoms with van der Waals surface area (Å²) in [5.41, 5.74) is 7.64. The Kier molecular flexibility index (Phi) is 6.22. The molecule has 0 saturated heterocycles. The second-order valence-corrected chi connectivity index (χ2v) is 6.66. The number of esters is 1. The van der Waals surface area contributed by atoms with Crippen LogP contribution in [0.3, 0.4) is 0 Å². The SMILES string of the molecule is CC(C)NC(=O)Nc1ccccc1C(=O)OCCCn1cnc2c(N)ncnc21. The Labute approximate surface area is 167 Å². The number of para-hydroxylation sites is 1. The third-order valence-electron chi connectivity index (χ3n) is 4.02. The van der Waals surface area contributed by atoms with Crippen molar-refractivity contribution in [1.29, 1.82) is 0 Å². The van der Waals surface area contributed by atoms with Crippen LogP contribution in [-0.4, -0.2) is 44.2 Å². The van der Waals surface area contributed by atoms with E-state index in [1.54, 1.807) is 30.6 Å². The molecule has 0 aliphatic carbocycles. The summed E-state index contributed by atoms with van der Waals surface area (Å²) in [5.74, 6) is -0.182. The van der Waals surface area contributed by atoms with Gasteiger partial charge in [0.25, 0.3) is 0 Å². The highest BCUT2D eigenvalue weighted by Crippen LogP contribution is 2.17. The van der Waals surface area contributed by atoms with E-state index in [0.717, 1.165) is 0 Å². The van der Waals surface area contributed by atoms with Crippen LogP contribution < -0.4 is 16.4 Å². The van der Waals surface area contributed by atoms with E-state index >= 15 is 0 Å². The zero-order valence-corrected chi connectivity index (χ0v) is 16.3. The fourth-order valence-corrected chi connectivity index (χ4v) is 2.73. The number of amides is 2. The maximum atomic E-state index is 12.4. The minimum absolute atomic E-state index is 0.0195. The van der Waals surface area contributed by atoms with Crippen molar-refractivity contribution in [3.05, 3.63) is 42.5 Å². The summed E-state index contributed by atoms with van der Waals surface area (Å²) >= 11 is 0. The molecule has 0 bridgehead atoms. The van der Waals surface area contributed by atoms with Gasteiger partial charge in [-0.25, -0.2) is 24.5 Å². The zero-order chi connectivity index (χ0) is 20.8. The molecule has 0 saturated carbocycles. The van der Waals surface area contributed by atoms with Gasteiger partial charge in [0.1, 0.15) is 11.8 Å². The van der Waals surface area contributed by atoms with Gasteiger partial charge in [-0.1, -0.05) is 12.1 Å². The minimum atomic E-state index is -0.507. The molecule has 1 aromatic carbocycles. The van der Waals surface area contributed by atoms with E-state index in [9.17, 15) is 9.59 Å². The van der Waals surface area contributed by atoms with Crippen molar-refractivity contribution < 1.29 is 14.3 Å². The summed E-state index contributed by atoms with van der Waals surface area (Å²) in [6.45, 7) is 4.45. The number of carbonyl (C=O) groups excluding carboxylic acids is 2. The van der Waals surface area contributed by atoms with Crippen LogP contribution in [0.2, 0.25) is 0 Å². The molecule has 0 aliphatic heterocycles. The average molecular weight is 397 g/mol. The Hall–Kier alpha value is -3.69. The molecular weight excluding hydrogens is 374 g/mol. The molecule has 0 unspecified atom stereocenters. The van der Waals surface area contributed by atoms with E-state index in [2.05, 4.69) is 25.6 Å². The smallest absolute Gasteiger partial charge is 0.340 e. The Bertz CT molecular complexity index is 1020. The number of nitrogens with two attached hydrogens (primary N) is 1. The summed E-state index contributed by atoms with van der Waals surface area (Å²) in [6, 6.07) is 6.31. The lowest BCUT2D eigenvalue weighted by Gasteiger charge is -2.13. The monoisotopic (exact) mass is 397 g/mol. The van der Waals surface area contributed by atoms with Gasteiger partial charge in [-0.2, -0.15) is 0 Å². The summed E-state index contributed by atoms with van der Waals surface area (Å²) in [4.78, 5) is 36.6. The molecule has 0 atom stereocenters. The van der Waals surface area contributed by atoms with Gasteiger partial charge in [0, 0.05) is 12.6 Å². The van der Waals surface area contributed by atoms with Crippen LogP contribution in [0.15, 0.2) is 36.9 Å². The number of hydrogen-bond acceptors (Lipinski definition) is 7. The number of imidazole rings is 1. The standard InChI is InChI=1S/C19H23N7O3/c1-12(2)24-19(28)25-14-7-4-3-6-13(14)18(27)29-9-5-8-26-11-23-15-16(20)21-10-22-17(15)26/h3-4,6-7,10-12H,5,8-9H2,1-2H3,(H2,20,21,22)(H2,24,25,28). The Morgan fingerprint density at radius 3 is 2.79 bits per heavy atom. The van der Waals surface area contributed by atoms with Crippen LogP contribution in [-0.2, 0) is 11.3 Å². The summed E-state index contributed by atoms with van der Waals surface area (Å²) in [7, 11) is 0. The van der Waals surface area contributed by atoms with Crippen molar-refractivity contribution in [1.82, 2.24) is 24.8 Å². The number of benzene rings is 1. The molecule has 2 heterocycles. The molecule has 0 spiro atoms. The first-order chi connectivity index (χ1) is 14.0. The quantitative estimate of drug-likeness (QED) is 0.410. The third kappa shape index (κ3) is 4.98. The van der Waals surface area contributed by atoms with Gasteiger partial charge in [0.15, 0.2) is 11.5 Å². The number of nitrogen functional groups attached to an aromatic ring is 1. The molecule has 2 amide bonds. The first-order valence-corrected chi connectivity index (χ1v) is 9.20. The summed E-state index contributed by atoms with van der Waals surface area (Å²) in [6.07, 6.45) is 3.57. The van der Waals surface area contributed by atoms with Crippen LogP contribution in [0.5, 0.6) is 0 Å². The van der Waals surface area contributed by atoms with Crippen molar-refractivity contribution in [3.63, 3.8) is 0 Å². The van der Waals surface area contributed by atoms with Crippen LogP contribution in [0.1, 0.15) is 30.6 Å². The number of ether oxygens (including phenoxy) is 1. The maximum Gasteiger partial charge on any atom is 0.340 e. The molecule has 2 aromatic heterocycles. The first-order valence-electron chi connectivity index (χ1n) is 9.20. The molecule has 3 aromatic rings. The molecule has 0 radical (unpaired) electrons. The number of aryl methyl sites for hydroxylation is 1. The zero-order valence-electron chi connectivity index (χ0n) is 16.3. The number of hydrogen-bond donors (Lipinski definition) is 3. The third-order valence-corrected chi connectivity index (χ3v) is 4.02. The van der Waals surface area contributed by atoms with Crippen LogP contribution in [0.4, 0.5) is 16.3 Å². The van der Waals surface area contributed by atoms with Crippen LogP contribution >= 0.6 is 0 Å². The highest BCUT2D eigenvalue weighted by molar-refractivity contribution is 6.00. The number of nitrogens with zero attached hydrogens (tertiary/aromatic N) is 4. The molecule has 29 heavy (non-hydrogen) atoms. The molecule has 0 fully saturated rings. The molecular formula is C19H23N7O3. The topological polar surface area (TPSA) is 137 Å². The van der Waals surface area contributed by atoms with Gasteiger partial charge < -0.3 is 25.7 Å². The highest BCUT2D eigenvalue weighted by Gasteiger charge is 2.15. The van der Waals surface area contributed by atoms with Gasteiger partial charge >= 0.3 is 12.0 Å². The van der Waals surface area contributed by atoms with E-state index in [4.69, 9.17) is 10.5 Å². The fraction of sp³-hybridized carbons (Fsp3) is 0.316. The van der Waals surface area contributed by atoms with E-state index in [1.807, 2.05) is 18.4 Å². The molecule has 4 N–H and O–H groups in total. The number of anilines is 2. The second kappa shape index (κ2) is 9.00. The number of rotatable bonds is 7. The number of urea groups is 1. The van der Waals surface area contributed by atoms with Crippen molar-refractivity contribution in [2.24, 2.45) is 0 Å². The van der Waals surface area contributed by atoms with E-state index in [0.29, 0.717) is 41.2 Å². The predicted molar refractivity (Wildman–Crippen MR) is 108 cm³/mol. The van der Waals surface area contributed by atoms with Gasteiger partial charge in [-0.05, 0) is 32.4 Å². The normalized spacial score (nSPS) is 10.9. The largest absolute Gasteiger partial charge is 0.462 e. The molecule has 0 aliphatic rings.